The van der Waals surface area contributed by atoms with E-state index in [4.69, 9.17) is 27.2 Å². The molecule has 0 spiro atoms. The van der Waals surface area contributed by atoms with Crippen LogP contribution in [-0.4, -0.2) is 11.1 Å². The third-order valence-corrected chi connectivity index (χ3v) is 3.25. The van der Waals surface area contributed by atoms with Crippen LogP contribution in [0.3, 0.4) is 0 Å². The predicted molar refractivity (Wildman–Crippen MR) is 77.0 cm³/mol. The largest absolute Gasteiger partial charge is 0.478 e. The van der Waals surface area contributed by atoms with Crippen molar-refractivity contribution in [2.45, 2.75) is 0 Å². The van der Waals surface area contributed by atoms with E-state index in [-0.39, 0.29) is 11.3 Å². The molecule has 0 unspecified atom stereocenters. The molecule has 0 bridgehead atoms. The first-order valence-electron chi connectivity index (χ1n) is 5.23. The average molecular weight is 343 g/mol. The SMILES string of the molecule is Nc1cc(Br)c(Oc2ccc(Cl)cc2)cc1C(=O)O. The van der Waals surface area contributed by atoms with Gasteiger partial charge in [-0.1, -0.05) is 11.6 Å². The van der Waals surface area contributed by atoms with Crippen molar-refractivity contribution in [2.24, 2.45) is 0 Å². The van der Waals surface area contributed by atoms with Crippen molar-refractivity contribution < 1.29 is 14.6 Å². The number of ether oxygens (including phenoxy) is 1. The fourth-order valence-electron chi connectivity index (χ4n) is 1.46. The number of halogens is 2. The lowest BCUT2D eigenvalue weighted by Gasteiger charge is -2.10. The van der Waals surface area contributed by atoms with E-state index in [1.165, 1.54) is 12.1 Å². The Morgan fingerprint density at radius 1 is 1.26 bits per heavy atom. The fourth-order valence-corrected chi connectivity index (χ4v) is 2.03. The lowest BCUT2D eigenvalue weighted by molar-refractivity contribution is 0.0697. The Balaban J connectivity index is 2.37. The number of hydrogen-bond acceptors (Lipinski definition) is 3. The van der Waals surface area contributed by atoms with Gasteiger partial charge in [-0.25, -0.2) is 4.79 Å². The summed E-state index contributed by atoms with van der Waals surface area (Å²) >= 11 is 9.05. The standard InChI is InChI=1S/C13H9BrClNO3/c14-10-6-11(16)9(13(17)18)5-12(10)19-8-3-1-7(15)2-4-8/h1-6H,16H2,(H,17,18). The van der Waals surface area contributed by atoms with Gasteiger partial charge in [0.05, 0.1) is 10.0 Å². The highest BCUT2D eigenvalue weighted by atomic mass is 79.9. The van der Waals surface area contributed by atoms with Crippen molar-refractivity contribution in [3.8, 4) is 11.5 Å². The van der Waals surface area contributed by atoms with Crippen molar-refractivity contribution in [2.75, 3.05) is 5.73 Å². The van der Waals surface area contributed by atoms with Gasteiger partial charge < -0.3 is 15.6 Å². The molecule has 98 valence electrons. The van der Waals surface area contributed by atoms with E-state index >= 15 is 0 Å². The molecule has 19 heavy (non-hydrogen) atoms. The second-order valence-electron chi connectivity index (χ2n) is 3.73. The third-order valence-electron chi connectivity index (χ3n) is 2.38. The Kier molecular flexibility index (Phi) is 3.97. The van der Waals surface area contributed by atoms with E-state index in [0.29, 0.717) is 21.0 Å². The number of rotatable bonds is 3. The molecule has 0 aliphatic rings. The molecule has 0 amide bonds. The van der Waals surface area contributed by atoms with Gasteiger partial charge in [-0.05, 0) is 52.3 Å². The van der Waals surface area contributed by atoms with Crippen molar-refractivity contribution in [1.29, 1.82) is 0 Å². The molecule has 2 rings (SSSR count). The molecule has 3 N–H and O–H groups in total. The van der Waals surface area contributed by atoms with Crippen LogP contribution < -0.4 is 10.5 Å². The first kappa shape index (κ1) is 13.7. The van der Waals surface area contributed by atoms with Gasteiger partial charge in [0.15, 0.2) is 0 Å². The van der Waals surface area contributed by atoms with E-state index in [1.54, 1.807) is 24.3 Å². The first-order chi connectivity index (χ1) is 8.97. The van der Waals surface area contributed by atoms with E-state index in [1.807, 2.05) is 0 Å². The minimum atomic E-state index is -1.11. The Bertz CT molecular complexity index is 629. The second-order valence-corrected chi connectivity index (χ2v) is 5.02. The molecule has 0 aliphatic carbocycles. The molecule has 0 aliphatic heterocycles. The summed E-state index contributed by atoms with van der Waals surface area (Å²) in [6.45, 7) is 0. The van der Waals surface area contributed by atoms with Crippen molar-refractivity contribution in [3.63, 3.8) is 0 Å². The molecule has 0 atom stereocenters. The third kappa shape index (κ3) is 3.19. The predicted octanol–water partition coefficient (Wildman–Crippen LogP) is 4.18. The summed E-state index contributed by atoms with van der Waals surface area (Å²) < 4.78 is 6.16. The number of nitrogens with two attached hydrogens (primary N) is 1. The summed E-state index contributed by atoms with van der Waals surface area (Å²) in [5.74, 6) is -0.189. The van der Waals surface area contributed by atoms with Crippen LogP contribution in [0, 0.1) is 0 Å². The molecule has 0 heterocycles. The number of aromatic carboxylic acids is 1. The normalized spacial score (nSPS) is 10.2. The molecular weight excluding hydrogens is 334 g/mol. The number of carboxylic acids is 1. The lowest BCUT2D eigenvalue weighted by Crippen LogP contribution is -2.03. The molecule has 2 aromatic carbocycles. The van der Waals surface area contributed by atoms with Crippen LogP contribution in [0.25, 0.3) is 0 Å². The van der Waals surface area contributed by atoms with Crippen LogP contribution in [0.1, 0.15) is 10.4 Å². The van der Waals surface area contributed by atoms with Crippen LogP contribution >= 0.6 is 27.5 Å². The maximum absolute atomic E-state index is 11.0. The highest BCUT2D eigenvalue weighted by Gasteiger charge is 2.13. The van der Waals surface area contributed by atoms with Gasteiger partial charge >= 0.3 is 5.97 Å². The summed E-state index contributed by atoms with van der Waals surface area (Å²) in [5, 5.41) is 9.61. The average Bonchev–Trinajstić information content (AvgIpc) is 2.34. The number of carbonyl (C=O) groups is 1. The highest BCUT2D eigenvalue weighted by Crippen LogP contribution is 2.33. The van der Waals surface area contributed by atoms with E-state index in [9.17, 15) is 4.79 Å². The van der Waals surface area contributed by atoms with Crippen LogP contribution in [0.4, 0.5) is 5.69 Å². The lowest BCUT2D eigenvalue weighted by atomic mass is 10.2. The van der Waals surface area contributed by atoms with Crippen molar-refractivity contribution in [3.05, 3.63) is 51.5 Å². The van der Waals surface area contributed by atoms with Gasteiger partial charge in [0.1, 0.15) is 11.5 Å². The van der Waals surface area contributed by atoms with Gasteiger partial charge in [0.25, 0.3) is 0 Å². The van der Waals surface area contributed by atoms with Crippen molar-refractivity contribution in [1.82, 2.24) is 0 Å². The summed E-state index contributed by atoms with van der Waals surface area (Å²) in [7, 11) is 0. The van der Waals surface area contributed by atoms with E-state index < -0.39 is 5.97 Å². The molecule has 0 fully saturated rings. The molecule has 2 aromatic rings. The van der Waals surface area contributed by atoms with Crippen molar-refractivity contribution >= 4 is 39.2 Å². The zero-order valence-electron chi connectivity index (χ0n) is 9.56. The minimum Gasteiger partial charge on any atom is -0.478 e. The van der Waals surface area contributed by atoms with E-state index in [2.05, 4.69) is 15.9 Å². The quantitative estimate of drug-likeness (QED) is 0.821. The zero-order chi connectivity index (χ0) is 14.0. The Morgan fingerprint density at radius 2 is 1.89 bits per heavy atom. The molecule has 0 saturated carbocycles. The van der Waals surface area contributed by atoms with Gasteiger partial charge in [0, 0.05) is 10.7 Å². The fraction of sp³-hybridized carbons (Fsp3) is 0. The summed E-state index contributed by atoms with van der Waals surface area (Å²) in [6, 6.07) is 9.60. The molecule has 0 saturated heterocycles. The molecule has 4 nitrogen and oxygen atoms in total. The van der Waals surface area contributed by atoms with Gasteiger partial charge in [0.2, 0.25) is 0 Å². The topological polar surface area (TPSA) is 72.5 Å². The van der Waals surface area contributed by atoms with Crippen LogP contribution in [0.2, 0.25) is 5.02 Å². The van der Waals surface area contributed by atoms with Gasteiger partial charge in [-0.15, -0.1) is 0 Å². The van der Waals surface area contributed by atoms with Gasteiger partial charge in [-0.3, -0.25) is 0 Å². The Hall–Kier alpha value is -1.72. The summed E-state index contributed by atoms with van der Waals surface area (Å²) in [4.78, 5) is 11.0. The number of benzene rings is 2. The van der Waals surface area contributed by atoms with Crippen LogP contribution in [0.15, 0.2) is 40.9 Å². The van der Waals surface area contributed by atoms with Crippen LogP contribution in [-0.2, 0) is 0 Å². The minimum absolute atomic E-state index is 0.00726. The number of anilines is 1. The summed E-state index contributed by atoms with van der Waals surface area (Å²) in [5.41, 5.74) is 5.78. The molecular formula is C13H9BrClNO3. The highest BCUT2D eigenvalue weighted by molar-refractivity contribution is 9.10. The maximum atomic E-state index is 11.0. The number of hydrogen-bond donors (Lipinski definition) is 2. The monoisotopic (exact) mass is 341 g/mol. The second kappa shape index (κ2) is 5.50. The molecule has 6 heteroatoms. The maximum Gasteiger partial charge on any atom is 0.337 e. The number of carboxylic acid groups (broad SMARTS) is 1. The molecule has 0 radical (unpaired) electrons. The number of nitrogen functional groups attached to an aromatic ring is 1. The van der Waals surface area contributed by atoms with Gasteiger partial charge in [-0.2, -0.15) is 0 Å². The molecule has 0 aromatic heterocycles. The zero-order valence-corrected chi connectivity index (χ0v) is 11.9. The Morgan fingerprint density at radius 3 is 2.47 bits per heavy atom. The first-order valence-corrected chi connectivity index (χ1v) is 6.40. The summed E-state index contributed by atoms with van der Waals surface area (Å²) in [6.07, 6.45) is 0. The smallest absolute Gasteiger partial charge is 0.337 e. The Labute approximate surface area is 122 Å². The van der Waals surface area contributed by atoms with Crippen LogP contribution in [0.5, 0.6) is 11.5 Å². The van der Waals surface area contributed by atoms with E-state index in [0.717, 1.165) is 0 Å².